The van der Waals surface area contributed by atoms with Gasteiger partial charge in [0.05, 0.1) is 4.92 Å². The van der Waals surface area contributed by atoms with Crippen LogP contribution in [0.25, 0.3) is 6.08 Å². The maximum absolute atomic E-state index is 12.1. The van der Waals surface area contributed by atoms with Gasteiger partial charge in [0.25, 0.3) is 11.6 Å². The number of nitro groups is 1. The van der Waals surface area contributed by atoms with Crippen molar-refractivity contribution in [3.05, 3.63) is 69.8 Å². The van der Waals surface area contributed by atoms with Crippen molar-refractivity contribution in [1.29, 1.82) is 0 Å². The molecule has 29 heavy (non-hydrogen) atoms. The number of alkyl halides is 2. The second-order valence-electron chi connectivity index (χ2n) is 5.71. The van der Waals surface area contributed by atoms with Crippen LogP contribution in [0.15, 0.2) is 48.5 Å². The molecule has 0 saturated carbocycles. The molecule has 0 bridgehead atoms. The van der Waals surface area contributed by atoms with E-state index in [4.69, 9.17) is 4.74 Å². The number of ether oxygens (including phenoxy) is 2. The number of halogens is 2. The quantitative estimate of drug-likeness (QED) is 0.310. The van der Waals surface area contributed by atoms with Crippen LogP contribution in [0.2, 0.25) is 0 Å². The van der Waals surface area contributed by atoms with E-state index in [0.717, 1.165) is 6.08 Å². The molecule has 1 N–H and O–H groups in total. The summed E-state index contributed by atoms with van der Waals surface area (Å²) in [6, 6.07) is 9.79. The summed E-state index contributed by atoms with van der Waals surface area (Å²) >= 11 is 0. The maximum Gasteiger partial charge on any atom is 0.387 e. The van der Waals surface area contributed by atoms with Crippen molar-refractivity contribution in [3.63, 3.8) is 0 Å². The standard InChI is InChI=1S/C19H16F2N2O6/c1-12-2-8-15(16(10-12)23(26)27)22-17(24)11-28-18(25)9-5-13-3-6-14(7-4-13)29-19(20)21/h2-10,19H,11H2,1H3,(H,22,24)/b9-5+. The van der Waals surface area contributed by atoms with Crippen molar-refractivity contribution in [3.8, 4) is 5.75 Å². The number of carbonyl (C=O) groups is 2. The van der Waals surface area contributed by atoms with Gasteiger partial charge >= 0.3 is 12.6 Å². The third kappa shape index (κ3) is 7.01. The lowest BCUT2D eigenvalue weighted by Crippen LogP contribution is -2.20. The first-order chi connectivity index (χ1) is 13.7. The van der Waals surface area contributed by atoms with E-state index in [1.807, 2.05) is 0 Å². The Kier molecular flexibility index (Phi) is 7.35. The Balaban J connectivity index is 1.86. The average molecular weight is 406 g/mol. The molecule has 2 aromatic carbocycles. The van der Waals surface area contributed by atoms with Crippen LogP contribution in [0.5, 0.6) is 5.75 Å². The third-order valence-corrected chi connectivity index (χ3v) is 3.49. The summed E-state index contributed by atoms with van der Waals surface area (Å²) in [5.41, 5.74) is 0.885. The number of nitrogens with zero attached hydrogens (tertiary/aromatic N) is 1. The van der Waals surface area contributed by atoms with Crippen molar-refractivity contribution in [1.82, 2.24) is 0 Å². The number of carbonyl (C=O) groups excluding carboxylic acids is 2. The molecule has 2 rings (SSSR count). The molecule has 1 amide bonds. The first-order valence-electron chi connectivity index (χ1n) is 8.19. The number of esters is 1. The minimum absolute atomic E-state index is 0.0108. The molecule has 2 aromatic rings. The molecule has 0 saturated heterocycles. The highest BCUT2D eigenvalue weighted by atomic mass is 19.3. The third-order valence-electron chi connectivity index (χ3n) is 3.49. The van der Waals surface area contributed by atoms with Gasteiger partial charge < -0.3 is 14.8 Å². The number of rotatable bonds is 8. The summed E-state index contributed by atoms with van der Waals surface area (Å²) in [5.74, 6) is -1.60. The average Bonchev–Trinajstić information content (AvgIpc) is 2.66. The zero-order chi connectivity index (χ0) is 21.4. The van der Waals surface area contributed by atoms with E-state index in [-0.39, 0.29) is 17.1 Å². The molecule has 152 valence electrons. The van der Waals surface area contributed by atoms with Crippen LogP contribution in [0, 0.1) is 17.0 Å². The molecular formula is C19H16F2N2O6. The van der Waals surface area contributed by atoms with Crippen LogP contribution in [-0.4, -0.2) is 30.0 Å². The Morgan fingerprint density at radius 3 is 2.52 bits per heavy atom. The number of nitrogens with one attached hydrogen (secondary N) is 1. The van der Waals surface area contributed by atoms with Crippen molar-refractivity contribution < 1.29 is 32.8 Å². The van der Waals surface area contributed by atoms with Crippen molar-refractivity contribution >= 4 is 29.3 Å². The number of anilines is 1. The minimum atomic E-state index is -2.93. The number of hydrogen-bond donors (Lipinski definition) is 1. The van der Waals surface area contributed by atoms with Gasteiger partial charge in [0, 0.05) is 12.1 Å². The van der Waals surface area contributed by atoms with E-state index in [1.54, 1.807) is 13.0 Å². The summed E-state index contributed by atoms with van der Waals surface area (Å²) < 4.78 is 33.1. The molecule has 0 radical (unpaired) electrons. The number of amides is 1. The summed E-state index contributed by atoms with van der Waals surface area (Å²) in [5, 5.41) is 13.3. The van der Waals surface area contributed by atoms with Gasteiger partial charge in [-0.05, 0) is 42.3 Å². The van der Waals surface area contributed by atoms with Crippen LogP contribution in [0.4, 0.5) is 20.2 Å². The fraction of sp³-hybridized carbons (Fsp3) is 0.158. The largest absolute Gasteiger partial charge is 0.452 e. The smallest absolute Gasteiger partial charge is 0.387 e. The van der Waals surface area contributed by atoms with E-state index in [2.05, 4.69) is 10.1 Å². The van der Waals surface area contributed by atoms with Gasteiger partial charge in [-0.3, -0.25) is 14.9 Å². The molecule has 0 aliphatic heterocycles. The van der Waals surface area contributed by atoms with Gasteiger partial charge in [-0.2, -0.15) is 8.78 Å². The van der Waals surface area contributed by atoms with Gasteiger partial charge in [0.15, 0.2) is 6.61 Å². The molecule has 0 fully saturated rings. The summed E-state index contributed by atoms with van der Waals surface area (Å²) in [7, 11) is 0. The Hall–Kier alpha value is -3.82. The molecule has 0 heterocycles. The first-order valence-corrected chi connectivity index (χ1v) is 8.19. The van der Waals surface area contributed by atoms with E-state index in [1.165, 1.54) is 42.5 Å². The zero-order valence-electron chi connectivity index (χ0n) is 15.1. The lowest BCUT2D eigenvalue weighted by molar-refractivity contribution is -0.384. The van der Waals surface area contributed by atoms with Gasteiger partial charge in [-0.1, -0.05) is 18.2 Å². The summed E-state index contributed by atoms with van der Waals surface area (Å²) in [6.07, 6.45) is 2.40. The zero-order valence-corrected chi connectivity index (χ0v) is 15.1. The van der Waals surface area contributed by atoms with E-state index in [9.17, 15) is 28.5 Å². The van der Waals surface area contributed by atoms with Gasteiger partial charge in [0.2, 0.25) is 0 Å². The molecular weight excluding hydrogens is 390 g/mol. The molecule has 10 heteroatoms. The Morgan fingerprint density at radius 1 is 1.21 bits per heavy atom. The topological polar surface area (TPSA) is 108 Å². The fourth-order valence-corrected chi connectivity index (χ4v) is 2.19. The fourth-order valence-electron chi connectivity index (χ4n) is 2.19. The van der Waals surface area contributed by atoms with E-state index >= 15 is 0 Å². The lowest BCUT2D eigenvalue weighted by atomic mass is 10.2. The SMILES string of the molecule is Cc1ccc(NC(=O)COC(=O)/C=C/c2ccc(OC(F)F)cc2)c([N+](=O)[O-])c1. The Labute approximate surface area is 163 Å². The van der Waals surface area contributed by atoms with Crippen molar-refractivity contribution in [2.45, 2.75) is 13.5 Å². The molecule has 0 aromatic heterocycles. The molecule has 8 nitrogen and oxygen atoms in total. The van der Waals surface area contributed by atoms with Crippen molar-refractivity contribution in [2.24, 2.45) is 0 Å². The molecule has 0 unspecified atom stereocenters. The van der Waals surface area contributed by atoms with Crippen LogP contribution < -0.4 is 10.1 Å². The molecule has 0 spiro atoms. The Bertz CT molecular complexity index is 929. The molecule has 0 aliphatic rings. The summed E-state index contributed by atoms with van der Waals surface area (Å²) in [4.78, 5) is 34.0. The molecule has 0 aliphatic carbocycles. The maximum atomic E-state index is 12.1. The van der Waals surface area contributed by atoms with Crippen LogP contribution >= 0.6 is 0 Å². The number of nitro benzene ring substituents is 1. The van der Waals surface area contributed by atoms with Gasteiger partial charge in [-0.15, -0.1) is 0 Å². The monoisotopic (exact) mass is 406 g/mol. The van der Waals surface area contributed by atoms with Crippen LogP contribution in [0.1, 0.15) is 11.1 Å². The predicted octanol–water partition coefficient (Wildman–Crippen LogP) is 3.70. The molecule has 0 atom stereocenters. The predicted molar refractivity (Wildman–Crippen MR) is 99.5 cm³/mol. The van der Waals surface area contributed by atoms with Crippen LogP contribution in [0.3, 0.4) is 0 Å². The first kappa shape index (κ1) is 21.5. The van der Waals surface area contributed by atoms with E-state index < -0.39 is 30.0 Å². The lowest BCUT2D eigenvalue weighted by Gasteiger charge is -2.07. The number of aryl methyl sites for hydroxylation is 1. The highest BCUT2D eigenvalue weighted by molar-refractivity contribution is 5.96. The minimum Gasteiger partial charge on any atom is -0.452 e. The van der Waals surface area contributed by atoms with E-state index in [0.29, 0.717) is 11.1 Å². The number of benzene rings is 2. The Morgan fingerprint density at radius 2 is 1.90 bits per heavy atom. The van der Waals surface area contributed by atoms with Gasteiger partial charge in [-0.25, -0.2) is 4.79 Å². The number of hydrogen-bond acceptors (Lipinski definition) is 6. The van der Waals surface area contributed by atoms with Crippen LogP contribution in [-0.2, 0) is 14.3 Å². The normalized spacial score (nSPS) is 10.8. The second kappa shape index (κ2) is 9.93. The van der Waals surface area contributed by atoms with Gasteiger partial charge in [0.1, 0.15) is 11.4 Å². The summed E-state index contributed by atoms with van der Waals surface area (Å²) in [6.45, 7) is -1.90. The van der Waals surface area contributed by atoms with Crippen molar-refractivity contribution in [2.75, 3.05) is 11.9 Å². The highest BCUT2D eigenvalue weighted by Gasteiger charge is 2.16. The second-order valence-corrected chi connectivity index (χ2v) is 5.71. The highest BCUT2D eigenvalue weighted by Crippen LogP contribution is 2.25.